The van der Waals surface area contributed by atoms with Crippen molar-refractivity contribution in [2.24, 2.45) is 0 Å². The van der Waals surface area contributed by atoms with Gasteiger partial charge in [-0.3, -0.25) is 0 Å². The second-order valence-electron chi connectivity index (χ2n) is 4.46. The van der Waals surface area contributed by atoms with Gasteiger partial charge in [-0.1, -0.05) is 22.0 Å². The summed E-state index contributed by atoms with van der Waals surface area (Å²) in [7, 11) is -3.78. The maximum Gasteiger partial charge on any atom is 0.241 e. The molecular formula is C14H12BrF2NO2S. The molecule has 1 atom stereocenters. The second-order valence-corrected chi connectivity index (χ2v) is 7.09. The van der Waals surface area contributed by atoms with Crippen LogP contribution in [0, 0.1) is 11.6 Å². The molecule has 0 aliphatic heterocycles. The first-order chi connectivity index (χ1) is 9.79. The van der Waals surface area contributed by atoms with Gasteiger partial charge in [-0.25, -0.2) is 21.9 Å². The lowest BCUT2D eigenvalue weighted by molar-refractivity contribution is 0.540. The smallest absolute Gasteiger partial charge is 0.207 e. The summed E-state index contributed by atoms with van der Waals surface area (Å²) >= 11 is 3.22. The van der Waals surface area contributed by atoms with Crippen LogP contribution in [0.5, 0.6) is 0 Å². The van der Waals surface area contributed by atoms with Crippen molar-refractivity contribution in [2.45, 2.75) is 17.9 Å². The Labute approximate surface area is 130 Å². The quantitative estimate of drug-likeness (QED) is 0.883. The van der Waals surface area contributed by atoms with Crippen molar-refractivity contribution < 1.29 is 17.2 Å². The van der Waals surface area contributed by atoms with E-state index in [0.717, 1.165) is 16.6 Å². The number of halogens is 3. The van der Waals surface area contributed by atoms with Gasteiger partial charge in [-0.2, -0.15) is 0 Å². The molecule has 0 aliphatic carbocycles. The zero-order valence-electron chi connectivity index (χ0n) is 11.0. The Balaban J connectivity index is 2.25. The van der Waals surface area contributed by atoms with Crippen LogP contribution in [-0.2, 0) is 10.0 Å². The third kappa shape index (κ3) is 3.87. The maximum atomic E-state index is 13.7. The fourth-order valence-corrected chi connectivity index (χ4v) is 3.32. The van der Waals surface area contributed by atoms with Crippen molar-refractivity contribution in [2.75, 3.05) is 0 Å². The molecule has 0 saturated carbocycles. The average Bonchev–Trinajstić information content (AvgIpc) is 2.38. The van der Waals surface area contributed by atoms with E-state index in [-0.39, 0.29) is 10.5 Å². The molecule has 1 N–H and O–H groups in total. The molecule has 21 heavy (non-hydrogen) atoms. The minimum atomic E-state index is -3.78. The molecule has 0 amide bonds. The van der Waals surface area contributed by atoms with Crippen molar-refractivity contribution in [1.82, 2.24) is 4.72 Å². The van der Waals surface area contributed by atoms with Crippen LogP contribution in [0.4, 0.5) is 8.78 Å². The number of hydrogen-bond donors (Lipinski definition) is 1. The number of nitrogens with one attached hydrogen (secondary N) is 1. The van der Waals surface area contributed by atoms with E-state index in [0.29, 0.717) is 0 Å². The largest absolute Gasteiger partial charge is 0.241 e. The highest BCUT2D eigenvalue weighted by atomic mass is 79.9. The van der Waals surface area contributed by atoms with Gasteiger partial charge in [0.15, 0.2) is 0 Å². The van der Waals surface area contributed by atoms with Gasteiger partial charge in [-0.05, 0) is 37.3 Å². The number of benzene rings is 2. The summed E-state index contributed by atoms with van der Waals surface area (Å²) in [5, 5.41) is 0. The molecule has 0 fully saturated rings. The van der Waals surface area contributed by atoms with Gasteiger partial charge in [-0.15, -0.1) is 0 Å². The lowest BCUT2D eigenvalue weighted by atomic mass is 10.1. The summed E-state index contributed by atoms with van der Waals surface area (Å²) in [4.78, 5) is 0.0695. The molecule has 0 bridgehead atoms. The molecule has 0 aromatic heterocycles. The zero-order valence-corrected chi connectivity index (χ0v) is 13.4. The van der Waals surface area contributed by atoms with Crippen LogP contribution < -0.4 is 4.72 Å². The number of rotatable bonds is 4. The predicted molar refractivity (Wildman–Crippen MR) is 79.2 cm³/mol. The molecule has 2 aromatic rings. The van der Waals surface area contributed by atoms with E-state index < -0.39 is 27.7 Å². The SMILES string of the molecule is C[C@H](NS(=O)(=O)c1ccc(Br)cc1)c1ccc(F)cc1F. The molecule has 0 saturated heterocycles. The second kappa shape index (κ2) is 6.21. The van der Waals surface area contributed by atoms with Gasteiger partial charge >= 0.3 is 0 Å². The summed E-state index contributed by atoms with van der Waals surface area (Å²) in [5.74, 6) is -1.50. The number of sulfonamides is 1. The molecule has 0 spiro atoms. The topological polar surface area (TPSA) is 46.2 Å². The van der Waals surface area contributed by atoms with Crippen LogP contribution in [0.3, 0.4) is 0 Å². The Hall–Kier alpha value is -1.31. The van der Waals surface area contributed by atoms with Gasteiger partial charge in [0.2, 0.25) is 10.0 Å². The van der Waals surface area contributed by atoms with Gasteiger partial charge in [0, 0.05) is 22.1 Å². The Kier molecular flexibility index (Phi) is 4.75. The molecule has 2 aromatic carbocycles. The Morgan fingerprint density at radius 3 is 2.29 bits per heavy atom. The normalized spacial score (nSPS) is 13.1. The van der Waals surface area contributed by atoms with Crippen LogP contribution >= 0.6 is 15.9 Å². The van der Waals surface area contributed by atoms with E-state index in [2.05, 4.69) is 20.7 Å². The summed E-state index contributed by atoms with van der Waals surface area (Å²) in [6.07, 6.45) is 0. The Bertz CT molecular complexity index is 748. The summed E-state index contributed by atoms with van der Waals surface area (Å²) in [6.45, 7) is 1.49. The van der Waals surface area contributed by atoms with Crippen LogP contribution in [0.2, 0.25) is 0 Å². The van der Waals surface area contributed by atoms with E-state index in [1.165, 1.54) is 25.1 Å². The van der Waals surface area contributed by atoms with Gasteiger partial charge in [0.05, 0.1) is 4.90 Å². The Morgan fingerprint density at radius 2 is 1.71 bits per heavy atom. The Morgan fingerprint density at radius 1 is 1.10 bits per heavy atom. The molecule has 0 unspecified atom stereocenters. The van der Waals surface area contributed by atoms with Crippen LogP contribution in [-0.4, -0.2) is 8.42 Å². The summed E-state index contributed by atoms with van der Waals surface area (Å²) < 4.78 is 54.0. The molecule has 2 rings (SSSR count). The van der Waals surface area contributed by atoms with E-state index in [1.54, 1.807) is 12.1 Å². The van der Waals surface area contributed by atoms with Crippen molar-refractivity contribution in [3.8, 4) is 0 Å². The van der Waals surface area contributed by atoms with E-state index >= 15 is 0 Å². The number of hydrogen-bond acceptors (Lipinski definition) is 2. The first-order valence-electron chi connectivity index (χ1n) is 6.02. The monoisotopic (exact) mass is 375 g/mol. The summed E-state index contributed by atoms with van der Waals surface area (Å²) in [5.41, 5.74) is 0.0806. The molecule has 0 radical (unpaired) electrons. The van der Waals surface area contributed by atoms with E-state index in [1.807, 2.05) is 0 Å². The van der Waals surface area contributed by atoms with E-state index in [9.17, 15) is 17.2 Å². The molecule has 0 heterocycles. The third-order valence-electron chi connectivity index (χ3n) is 2.88. The minimum absolute atomic E-state index is 0.0695. The standard InChI is InChI=1S/C14H12BrF2NO2S/c1-9(13-7-4-11(16)8-14(13)17)18-21(19,20)12-5-2-10(15)3-6-12/h2-9,18H,1H3/t9-/m0/s1. The van der Waals surface area contributed by atoms with Gasteiger partial charge < -0.3 is 0 Å². The van der Waals surface area contributed by atoms with Crippen molar-refractivity contribution in [3.63, 3.8) is 0 Å². The van der Waals surface area contributed by atoms with Crippen molar-refractivity contribution >= 4 is 26.0 Å². The van der Waals surface area contributed by atoms with Gasteiger partial charge in [0.25, 0.3) is 0 Å². The van der Waals surface area contributed by atoms with Crippen LogP contribution in [0.25, 0.3) is 0 Å². The fourth-order valence-electron chi connectivity index (χ4n) is 1.83. The first-order valence-corrected chi connectivity index (χ1v) is 8.30. The van der Waals surface area contributed by atoms with Crippen molar-refractivity contribution in [3.05, 3.63) is 64.1 Å². The van der Waals surface area contributed by atoms with Crippen molar-refractivity contribution in [1.29, 1.82) is 0 Å². The van der Waals surface area contributed by atoms with E-state index in [4.69, 9.17) is 0 Å². The third-order valence-corrected chi connectivity index (χ3v) is 4.97. The highest BCUT2D eigenvalue weighted by Gasteiger charge is 2.20. The van der Waals surface area contributed by atoms with Gasteiger partial charge in [0.1, 0.15) is 11.6 Å². The first kappa shape index (κ1) is 16.1. The molecule has 112 valence electrons. The lowest BCUT2D eigenvalue weighted by Gasteiger charge is -2.15. The summed E-state index contributed by atoms with van der Waals surface area (Å²) in [6, 6.07) is 8.26. The molecule has 0 aliphatic rings. The highest BCUT2D eigenvalue weighted by molar-refractivity contribution is 9.10. The highest BCUT2D eigenvalue weighted by Crippen LogP contribution is 2.21. The average molecular weight is 376 g/mol. The molecule has 7 heteroatoms. The van der Waals surface area contributed by atoms with Crippen LogP contribution in [0.1, 0.15) is 18.5 Å². The fraction of sp³-hybridized carbons (Fsp3) is 0.143. The van der Waals surface area contributed by atoms with Crippen LogP contribution in [0.15, 0.2) is 51.8 Å². The maximum absolute atomic E-state index is 13.7. The predicted octanol–water partition coefficient (Wildman–Crippen LogP) is 3.77. The minimum Gasteiger partial charge on any atom is -0.207 e. The molecular weight excluding hydrogens is 364 g/mol. The lowest BCUT2D eigenvalue weighted by Crippen LogP contribution is -2.27. The molecule has 3 nitrogen and oxygen atoms in total. The zero-order chi connectivity index (χ0) is 15.6.